The highest BCUT2D eigenvalue weighted by atomic mass is 15.3. The number of hydrogen-bond acceptors (Lipinski definition) is 4. The summed E-state index contributed by atoms with van der Waals surface area (Å²) >= 11 is 0. The molecular weight excluding hydrogens is 238 g/mol. The minimum absolute atomic E-state index is 0.694. The SMILES string of the molecule is Cn1ncnc1CNc1ccc(N2CCCC2)cc1. The van der Waals surface area contributed by atoms with Crippen molar-refractivity contribution in [1.29, 1.82) is 0 Å². The molecule has 0 bridgehead atoms. The number of benzene rings is 1. The van der Waals surface area contributed by atoms with Crippen LogP contribution in [0.4, 0.5) is 11.4 Å². The van der Waals surface area contributed by atoms with Crippen molar-refractivity contribution in [3.63, 3.8) is 0 Å². The van der Waals surface area contributed by atoms with Gasteiger partial charge in [0.2, 0.25) is 0 Å². The van der Waals surface area contributed by atoms with Gasteiger partial charge in [0.15, 0.2) is 0 Å². The van der Waals surface area contributed by atoms with Crippen molar-refractivity contribution in [3.05, 3.63) is 36.4 Å². The molecular formula is C14H19N5. The van der Waals surface area contributed by atoms with Crippen molar-refractivity contribution >= 4 is 11.4 Å². The molecule has 0 amide bonds. The Kier molecular flexibility index (Phi) is 3.35. The highest BCUT2D eigenvalue weighted by Gasteiger charge is 2.11. The highest BCUT2D eigenvalue weighted by molar-refractivity contribution is 5.55. The fraction of sp³-hybridized carbons (Fsp3) is 0.429. The fourth-order valence-corrected chi connectivity index (χ4v) is 2.43. The van der Waals surface area contributed by atoms with Gasteiger partial charge in [-0.25, -0.2) is 4.98 Å². The number of hydrogen-bond donors (Lipinski definition) is 1. The van der Waals surface area contributed by atoms with Gasteiger partial charge in [-0.05, 0) is 37.1 Å². The molecule has 1 N–H and O–H groups in total. The number of nitrogens with one attached hydrogen (secondary N) is 1. The standard InChI is InChI=1S/C14H19N5/c1-18-14(16-11-17-18)10-15-12-4-6-13(7-5-12)19-8-2-3-9-19/h4-7,11,15H,2-3,8-10H2,1H3. The molecule has 1 aliphatic rings. The monoisotopic (exact) mass is 257 g/mol. The summed E-state index contributed by atoms with van der Waals surface area (Å²) in [6.45, 7) is 3.07. The normalized spacial score (nSPS) is 14.9. The zero-order valence-corrected chi connectivity index (χ0v) is 11.2. The van der Waals surface area contributed by atoms with Crippen LogP contribution >= 0.6 is 0 Å². The summed E-state index contributed by atoms with van der Waals surface area (Å²) in [6, 6.07) is 8.63. The predicted octanol–water partition coefficient (Wildman–Crippen LogP) is 2.03. The van der Waals surface area contributed by atoms with E-state index >= 15 is 0 Å². The number of aryl methyl sites for hydroxylation is 1. The third-order valence-electron chi connectivity index (χ3n) is 3.59. The van der Waals surface area contributed by atoms with Gasteiger partial charge < -0.3 is 10.2 Å². The molecule has 1 aromatic heterocycles. The minimum Gasteiger partial charge on any atom is -0.378 e. The Morgan fingerprint density at radius 3 is 2.53 bits per heavy atom. The van der Waals surface area contributed by atoms with E-state index in [4.69, 9.17) is 0 Å². The molecule has 0 spiro atoms. The molecule has 0 unspecified atom stereocenters. The van der Waals surface area contributed by atoms with Crippen molar-refractivity contribution in [2.24, 2.45) is 7.05 Å². The first-order valence-corrected chi connectivity index (χ1v) is 6.75. The van der Waals surface area contributed by atoms with Gasteiger partial charge in [0, 0.05) is 31.5 Å². The van der Waals surface area contributed by atoms with Crippen molar-refractivity contribution in [1.82, 2.24) is 14.8 Å². The molecule has 100 valence electrons. The van der Waals surface area contributed by atoms with E-state index in [0.717, 1.165) is 11.5 Å². The second-order valence-electron chi connectivity index (χ2n) is 4.89. The summed E-state index contributed by atoms with van der Waals surface area (Å²) in [4.78, 5) is 6.63. The van der Waals surface area contributed by atoms with Crippen LogP contribution < -0.4 is 10.2 Å². The molecule has 1 aliphatic heterocycles. The third-order valence-corrected chi connectivity index (χ3v) is 3.59. The number of anilines is 2. The van der Waals surface area contributed by atoms with E-state index in [2.05, 4.69) is 44.6 Å². The van der Waals surface area contributed by atoms with Crippen LogP contribution in [0.2, 0.25) is 0 Å². The van der Waals surface area contributed by atoms with Crippen LogP contribution in [-0.4, -0.2) is 27.9 Å². The molecule has 0 atom stereocenters. The van der Waals surface area contributed by atoms with Crippen LogP contribution in [0.5, 0.6) is 0 Å². The lowest BCUT2D eigenvalue weighted by molar-refractivity contribution is 0.712. The Bertz CT molecular complexity index is 525. The van der Waals surface area contributed by atoms with E-state index in [9.17, 15) is 0 Å². The van der Waals surface area contributed by atoms with E-state index in [0.29, 0.717) is 6.54 Å². The largest absolute Gasteiger partial charge is 0.378 e. The maximum absolute atomic E-state index is 4.19. The molecule has 0 saturated carbocycles. The summed E-state index contributed by atoms with van der Waals surface area (Å²) in [5, 5.41) is 7.42. The van der Waals surface area contributed by atoms with Gasteiger partial charge in [0.25, 0.3) is 0 Å². The summed E-state index contributed by atoms with van der Waals surface area (Å²) < 4.78 is 1.78. The van der Waals surface area contributed by atoms with Crippen molar-refractivity contribution < 1.29 is 0 Å². The number of aromatic nitrogens is 3. The van der Waals surface area contributed by atoms with Gasteiger partial charge in [-0.15, -0.1) is 0 Å². The minimum atomic E-state index is 0.694. The summed E-state index contributed by atoms with van der Waals surface area (Å²) in [7, 11) is 1.90. The second-order valence-corrected chi connectivity index (χ2v) is 4.89. The molecule has 5 heteroatoms. The zero-order chi connectivity index (χ0) is 13.1. The van der Waals surface area contributed by atoms with Gasteiger partial charge in [0.1, 0.15) is 12.2 Å². The molecule has 0 aliphatic carbocycles. The highest BCUT2D eigenvalue weighted by Crippen LogP contribution is 2.22. The average Bonchev–Trinajstić information content (AvgIpc) is 3.09. The van der Waals surface area contributed by atoms with Crippen LogP contribution in [-0.2, 0) is 13.6 Å². The van der Waals surface area contributed by atoms with Gasteiger partial charge >= 0.3 is 0 Å². The Labute approximate surface area is 113 Å². The van der Waals surface area contributed by atoms with E-state index in [1.807, 2.05) is 7.05 Å². The third kappa shape index (κ3) is 2.70. The summed E-state index contributed by atoms with van der Waals surface area (Å²) in [5.74, 6) is 0.934. The van der Waals surface area contributed by atoms with E-state index in [1.54, 1.807) is 11.0 Å². The lowest BCUT2D eigenvalue weighted by Gasteiger charge is -2.17. The molecule has 1 fully saturated rings. The first-order chi connectivity index (χ1) is 9.33. The van der Waals surface area contributed by atoms with E-state index < -0.39 is 0 Å². The van der Waals surface area contributed by atoms with Crippen molar-refractivity contribution in [2.75, 3.05) is 23.3 Å². The van der Waals surface area contributed by atoms with Crippen LogP contribution in [0.1, 0.15) is 18.7 Å². The summed E-state index contributed by atoms with van der Waals surface area (Å²) in [6.07, 6.45) is 4.20. The van der Waals surface area contributed by atoms with Crippen LogP contribution in [0.15, 0.2) is 30.6 Å². The average molecular weight is 257 g/mol. The van der Waals surface area contributed by atoms with Gasteiger partial charge in [-0.1, -0.05) is 0 Å². The molecule has 2 heterocycles. The fourth-order valence-electron chi connectivity index (χ4n) is 2.43. The lowest BCUT2D eigenvalue weighted by Crippen LogP contribution is -2.17. The predicted molar refractivity (Wildman–Crippen MR) is 76.2 cm³/mol. The Morgan fingerprint density at radius 1 is 1.16 bits per heavy atom. The number of nitrogens with zero attached hydrogens (tertiary/aromatic N) is 4. The van der Waals surface area contributed by atoms with Crippen molar-refractivity contribution in [3.8, 4) is 0 Å². The quantitative estimate of drug-likeness (QED) is 0.910. The van der Waals surface area contributed by atoms with E-state index in [1.165, 1.54) is 31.6 Å². The first-order valence-electron chi connectivity index (χ1n) is 6.75. The second kappa shape index (κ2) is 5.30. The molecule has 5 nitrogen and oxygen atoms in total. The van der Waals surface area contributed by atoms with E-state index in [-0.39, 0.29) is 0 Å². The molecule has 3 rings (SSSR count). The van der Waals surface area contributed by atoms with Crippen LogP contribution in [0.3, 0.4) is 0 Å². The van der Waals surface area contributed by atoms with Gasteiger partial charge in [-0.3, -0.25) is 4.68 Å². The molecule has 0 radical (unpaired) electrons. The number of rotatable bonds is 4. The maximum atomic E-state index is 4.19. The Morgan fingerprint density at radius 2 is 1.89 bits per heavy atom. The van der Waals surface area contributed by atoms with Crippen LogP contribution in [0.25, 0.3) is 0 Å². The first kappa shape index (κ1) is 12.0. The van der Waals surface area contributed by atoms with Gasteiger partial charge in [0.05, 0.1) is 6.54 Å². The zero-order valence-electron chi connectivity index (χ0n) is 11.2. The van der Waals surface area contributed by atoms with Gasteiger partial charge in [-0.2, -0.15) is 5.10 Å². The van der Waals surface area contributed by atoms with Crippen LogP contribution in [0, 0.1) is 0 Å². The topological polar surface area (TPSA) is 46.0 Å². The smallest absolute Gasteiger partial charge is 0.145 e. The molecule has 1 saturated heterocycles. The molecule has 1 aromatic carbocycles. The molecule has 2 aromatic rings. The van der Waals surface area contributed by atoms with Crippen molar-refractivity contribution in [2.45, 2.75) is 19.4 Å². The maximum Gasteiger partial charge on any atom is 0.145 e. The Balaban J connectivity index is 1.61. The molecule has 19 heavy (non-hydrogen) atoms. The lowest BCUT2D eigenvalue weighted by atomic mass is 10.2. The Hall–Kier alpha value is -2.04. The summed E-state index contributed by atoms with van der Waals surface area (Å²) in [5.41, 5.74) is 2.44.